The number of rotatable bonds is 3. The Morgan fingerprint density at radius 1 is 1.60 bits per heavy atom. The van der Waals surface area contributed by atoms with Crippen LogP contribution in [0, 0.1) is 0 Å². The molecule has 0 atom stereocenters. The number of nitrogens with one attached hydrogen (secondary N) is 1. The topological polar surface area (TPSA) is 99.8 Å². The van der Waals surface area contributed by atoms with Crippen molar-refractivity contribution in [3.63, 3.8) is 0 Å². The van der Waals surface area contributed by atoms with Gasteiger partial charge < -0.3 is 9.94 Å². The molecule has 0 saturated carbocycles. The van der Waals surface area contributed by atoms with E-state index < -0.39 is 17.6 Å². The third-order valence-electron chi connectivity index (χ3n) is 0.600. The van der Waals surface area contributed by atoms with E-state index in [-0.39, 0.29) is 0 Å². The molecule has 0 spiro atoms. The third kappa shape index (κ3) is 2.12. The highest BCUT2D eigenvalue weighted by molar-refractivity contribution is 6.62. The molecule has 2 N–H and O–H groups in total. The molecule has 0 rings (SSSR count). The van der Waals surface area contributed by atoms with Gasteiger partial charge in [-0.3, -0.25) is 10.5 Å². The van der Waals surface area contributed by atoms with Gasteiger partial charge in [-0.05, 0) is 0 Å². The van der Waals surface area contributed by atoms with Gasteiger partial charge in [-0.1, -0.05) is 5.16 Å². The minimum absolute atomic E-state index is 0.928. The molecule has 10 heavy (non-hydrogen) atoms. The maximum atomic E-state index is 10.1. The van der Waals surface area contributed by atoms with Gasteiger partial charge in [0.25, 0.3) is 11.6 Å². The van der Waals surface area contributed by atoms with Crippen LogP contribution in [-0.2, 0) is 14.4 Å². The molecule has 55 valence electrons. The molecule has 6 nitrogen and oxygen atoms in total. The van der Waals surface area contributed by atoms with Crippen molar-refractivity contribution in [3.05, 3.63) is 0 Å². The summed E-state index contributed by atoms with van der Waals surface area (Å²) in [4.78, 5) is 24.0. The van der Waals surface area contributed by atoms with Gasteiger partial charge in [0.05, 0.1) is 0 Å². The van der Waals surface area contributed by atoms with Crippen molar-refractivity contribution >= 4 is 17.6 Å². The lowest BCUT2D eigenvalue weighted by atomic mass is 10.4. The first-order chi connectivity index (χ1) is 4.59. The number of carboxylic acid groups (broad SMARTS) is 1. The maximum Gasteiger partial charge on any atom is 0.363 e. The number of carboxylic acids is 1. The molecule has 0 aromatic heterocycles. The number of carbonyl (C=O) groups is 2. The summed E-state index contributed by atoms with van der Waals surface area (Å²) >= 11 is 0. The summed E-state index contributed by atoms with van der Waals surface area (Å²) in [5, 5.41) is 10.9. The third-order valence-corrected chi connectivity index (χ3v) is 0.600. The van der Waals surface area contributed by atoms with Crippen LogP contribution in [0.25, 0.3) is 0 Å². The lowest BCUT2D eigenvalue weighted by Gasteiger charge is -1.90. The molecule has 0 bridgehead atoms. The van der Waals surface area contributed by atoms with Gasteiger partial charge in [0.1, 0.15) is 7.11 Å². The standard InChI is InChI=1S/C4H5N2O4/c1-10-6-2(3(5)7)4(8)9/h5H,1H3,(H,8,9). The van der Waals surface area contributed by atoms with Gasteiger partial charge in [-0.15, -0.1) is 0 Å². The highest BCUT2D eigenvalue weighted by Crippen LogP contribution is 1.79. The molecule has 0 aromatic carbocycles. The lowest BCUT2D eigenvalue weighted by Crippen LogP contribution is -2.24. The van der Waals surface area contributed by atoms with E-state index >= 15 is 0 Å². The number of hydrogen-bond donors (Lipinski definition) is 1. The second-order valence-electron chi connectivity index (χ2n) is 1.26. The molecule has 0 aliphatic rings. The van der Waals surface area contributed by atoms with E-state index in [1.165, 1.54) is 0 Å². The molecular weight excluding hydrogens is 140 g/mol. The molecular formula is C4H5N2O4. The number of amides is 1. The molecule has 0 heterocycles. The van der Waals surface area contributed by atoms with Crippen molar-refractivity contribution in [3.8, 4) is 0 Å². The van der Waals surface area contributed by atoms with Crippen LogP contribution in [0.5, 0.6) is 0 Å². The minimum Gasteiger partial charge on any atom is -0.476 e. The van der Waals surface area contributed by atoms with Gasteiger partial charge in [0.15, 0.2) is 0 Å². The minimum atomic E-state index is -1.57. The highest BCUT2D eigenvalue weighted by atomic mass is 16.6. The molecule has 1 radical (unpaired) electrons. The highest BCUT2D eigenvalue weighted by Gasteiger charge is 2.17. The van der Waals surface area contributed by atoms with Crippen molar-refractivity contribution in [1.29, 1.82) is 0 Å². The van der Waals surface area contributed by atoms with E-state index in [1.54, 1.807) is 0 Å². The summed E-state index contributed by atoms with van der Waals surface area (Å²) in [6.07, 6.45) is 0. The molecule has 1 amide bonds. The Hall–Kier alpha value is -1.59. The Bertz CT molecular complexity index is 170. The lowest BCUT2D eigenvalue weighted by molar-refractivity contribution is -0.130. The number of aliphatic carboxylic acids is 1. The zero-order valence-electron chi connectivity index (χ0n) is 5.12. The number of hydrogen-bond acceptors (Lipinski definition) is 4. The number of nitrogens with zero attached hydrogens (tertiary/aromatic N) is 1. The van der Waals surface area contributed by atoms with Crippen LogP contribution in [0.15, 0.2) is 5.16 Å². The van der Waals surface area contributed by atoms with Crippen molar-refractivity contribution in [1.82, 2.24) is 5.73 Å². The Balaban J connectivity index is 4.42. The summed E-state index contributed by atoms with van der Waals surface area (Å²) < 4.78 is 0. The monoisotopic (exact) mass is 145 g/mol. The van der Waals surface area contributed by atoms with Crippen LogP contribution in [0.2, 0.25) is 0 Å². The van der Waals surface area contributed by atoms with Crippen molar-refractivity contribution < 1.29 is 19.5 Å². The fourth-order valence-electron chi connectivity index (χ4n) is 0.269. The van der Waals surface area contributed by atoms with E-state index in [2.05, 4.69) is 9.99 Å². The smallest absolute Gasteiger partial charge is 0.363 e. The summed E-state index contributed by atoms with van der Waals surface area (Å²) in [5.74, 6) is -2.95. The van der Waals surface area contributed by atoms with Gasteiger partial charge in [-0.25, -0.2) is 4.79 Å². The van der Waals surface area contributed by atoms with E-state index in [0.29, 0.717) is 0 Å². The van der Waals surface area contributed by atoms with Gasteiger partial charge in [0, 0.05) is 0 Å². The molecule has 0 aliphatic carbocycles. The molecule has 0 unspecified atom stereocenters. The molecule has 0 saturated heterocycles. The maximum absolute atomic E-state index is 10.1. The first-order valence-electron chi connectivity index (χ1n) is 2.20. The normalized spacial score (nSPS) is 10.7. The molecule has 0 fully saturated rings. The zero-order valence-corrected chi connectivity index (χ0v) is 5.12. The number of oxime groups is 1. The van der Waals surface area contributed by atoms with Crippen LogP contribution >= 0.6 is 0 Å². The van der Waals surface area contributed by atoms with Gasteiger partial charge in [0.2, 0.25) is 0 Å². The summed E-state index contributed by atoms with van der Waals surface area (Å²) in [6, 6.07) is 0. The number of carbonyl (C=O) groups excluding carboxylic acids is 1. The molecule has 0 aromatic rings. The summed E-state index contributed by atoms with van der Waals surface area (Å²) in [6.45, 7) is 0. The Morgan fingerprint density at radius 3 is 2.20 bits per heavy atom. The largest absolute Gasteiger partial charge is 0.476 e. The van der Waals surface area contributed by atoms with E-state index in [9.17, 15) is 9.59 Å². The molecule has 0 aliphatic heterocycles. The van der Waals surface area contributed by atoms with E-state index in [0.717, 1.165) is 7.11 Å². The summed E-state index contributed by atoms with van der Waals surface area (Å²) in [7, 11) is 1.09. The van der Waals surface area contributed by atoms with Crippen LogP contribution < -0.4 is 5.73 Å². The van der Waals surface area contributed by atoms with E-state index in [1.807, 2.05) is 0 Å². The fraction of sp³-hybridized carbons (Fsp3) is 0.250. The van der Waals surface area contributed by atoms with Crippen LogP contribution in [-0.4, -0.2) is 29.8 Å². The summed E-state index contributed by atoms with van der Waals surface area (Å²) in [5.41, 5.74) is 5.41. The van der Waals surface area contributed by atoms with Gasteiger partial charge >= 0.3 is 5.97 Å². The second-order valence-corrected chi connectivity index (χ2v) is 1.26. The Morgan fingerprint density at radius 2 is 2.10 bits per heavy atom. The quantitative estimate of drug-likeness (QED) is 0.309. The van der Waals surface area contributed by atoms with E-state index in [4.69, 9.17) is 10.8 Å². The predicted molar refractivity (Wildman–Crippen MR) is 30.2 cm³/mol. The fourth-order valence-corrected chi connectivity index (χ4v) is 0.269. The SMILES string of the molecule is CON=C(C([NH])=O)C(=O)O. The molecule has 6 heteroatoms. The van der Waals surface area contributed by atoms with Crippen LogP contribution in [0.1, 0.15) is 0 Å². The first-order valence-corrected chi connectivity index (χ1v) is 2.20. The van der Waals surface area contributed by atoms with Crippen molar-refractivity contribution in [2.45, 2.75) is 0 Å². The van der Waals surface area contributed by atoms with Crippen molar-refractivity contribution in [2.75, 3.05) is 7.11 Å². The van der Waals surface area contributed by atoms with Gasteiger partial charge in [-0.2, -0.15) is 0 Å². The van der Waals surface area contributed by atoms with Crippen molar-refractivity contribution in [2.24, 2.45) is 5.16 Å². The zero-order chi connectivity index (χ0) is 8.15. The predicted octanol–water partition coefficient (Wildman–Crippen LogP) is -1.12. The average Bonchev–Trinajstić information content (AvgIpc) is 1.81. The van der Waals surface area contributed by atoms with Crippen LogP contribution in [0.4, 0.5) is 0 Å². The average molecular weight is 145 g/mol. The second kappa shape index (κ2) is 3.44. The van der Waals surface area contributed by atoms with Crippen LogP contribution in [0.3, 0.4) is 0 Å². The Labute approximate surface area is 56.3 Å². The Kier molecular flexibility index (Phi) is 2.89. The first kappa shape index (κ1) is 8.41.